The molecular formula is C12H17NO6. The molecule has 0 aliphatic carbocycles. The zero-order valence-corrected chi connectivity index (χ0v) is 11.0. The third kappa shape index (κ3) is 4.27. The average molecular weight is 271 g/mol. The number of hydrogen-bond acceptors (Lipinski definition) is 6. The van der Waals surface area contributed by atoms with Crippen LogP contribution in [-0.4, -0.2) is 49.3 Å². The molecule has 1 amide bonds. The van der Waals surface area contributed by atoms with E-state index in [1.807, 2.05) is 0 Å². The fraction of sp³-hybridized carbons (Fsp3) is 0.583. The zero-order chi connectivity index (χ0) is 14.3. The predicted octanol–water partition coefficient (Wildman–Crippen LogP) is 0.695. The summed E-state index contributed by atoms with van der Waals surface area (Å²) in [6.45, 7) is 4.27. The van der Waals surface area contributed by atoms with Crippen LogP contribution in [-0.2, 0) is 23.8 Å². The van der Waals surface area contributed by atoms with Gasteiger partial charge in [0.2, 0.25) is 0 Å². The van der Waals surface area contributed by atoms with E-state index in [4.69, 9.17) is 14.2 Å². The Hall–Kier alpha value is -2.05. The highest BCUT2D eigenvalue weighted by Crippen LogP contribution is 2.09. The standard InChI is InChI=1S/C12H17NO6/c1-3-17-10(14)9(11(15)18-4-2)5-6-13-7-8-19-12(13)16/h5-6,9H,3-4,7-8H2,1-2H3/b6-5+. The van der Waals surface area contributed by atoms with Crippen molar-refractivity contribution >= 4 is 18.0 Å². The first-order chi connectivity index (χ1) is 9.10. The van der Waals surface area contributed by atoms with Gasteiger partial charge in [0.1, 0.15) is 6.61 Å². The van der Waals surface area contributed by atoms with Crippen LogP contribution in [0.4, 0.5) is 4.79 Å². The van der Waals surface area contributed by atoms with Crippen molar-refractivity contribution in [2.24, 2.45) is 5.92 Å². The highest BCUT2D eigenvalue weighted by molar-refractivity contribution is 5.97. The summed E-state index contributed by atoms with van der Waals surface area (Å²) < 4.78 is 14.3. The average Bonchev–Trinajstić information content (AvgIpc) is 2.76. The lowest BCUT2D eigenvalue weighted by atomic mass is 10.1. The van der Waals surface area contributed by atoms with E-state index in [2.05, 4.69) is 0 Å². The number of nitrogens with zero attached hydrogens (tertiary/aromatic N) is 1. The molecule has 7 nitrogen and oxygen atoms in total. The molecule has 0 atom stereocenters. The number of rotatable bonds is 6. The van der Waals surface area contributed by atoms with Crippen LogP contribution in [0.5, 0.6) is 0 Å². The van der Waals surface area contributed by atoms with Crippen LogP contribution in [0.1, 0.15) is 13.8 Å². The summed E-state index contributed by atoms with van der Waals surface area (Å²) in [7, 11) is 0. The third-order valence-electron chi connectivity index (χ3n) is 2.33. The fourth-order valence-electron chi connectivity index (χ4n) is 1.45. The van der Waals surface area contributed by atoms with Gasteiger partial charge in [0.25, 0.3) is 0 Å². The maximum atomic E-state index is 11.6. The smallest absolute Gasteiger partial charge is 0.413 e. The van der Waals surface area contributed by atoms with Gasteiger partial charge in [-0.15, -0.1) is 0 Å². The summed E-state index contributed by atoms with van der Waals surface area (Å²) in [5.74, 6) is -2.58. The predicted molar refractivity (Wildman–Crippen MR) is 64.0 cm³/mol. The largest absolute Gasteiger partial charge is 0.465 e. The van der Waals surface area contributed by atoms with E-state index in [-0.39, 0.29) is 19.8 Å². The van der Waals surface area contributed by atoms with Crippen LogP contribution in [0.3, 0.4) is 0 Å². The molecular weight excluding hydrogens is 254 g/mol. The van der Waals surface area contributed by atoms with Gasteiger partial charge in [-0.2, -0.15) is 0 Å². The van der Waals surface area contributed by atoms with Crippen molar-refractivity contribution in [2.45, 2.75) is 13.8 Å². The second kappa shape index (κ2) is 7.40. The molecule has 19 heavy (non-hydrogen) atoms. The van der Waals surface area contributed by atoms with Gasteiger partial charge < -0.3 is 14.2 Å². The number of amides is 1. The Kier molecular flexibility index (Phi) is 5.84. The molecule has 1 saturated heterocycles. The summed E-state index contributed by atoms with van der Waals surface area (Å²) in [6.07, 6.45) is 2.11. The van der Waals surface area contributed by atoms with E-state index >= 15 is 0 Å². The van der Waals surface area contributed by atoms with Gasteiger partial charge in [0.15, 0.2) is 5.92 Å². The minimum atomic E-state index is -1.17. The van der Waals surface area contributed by atoms with Gasteiger partial charge in [0.05, 0.1) is 19.8 Å². The maximum Gasteiger partial charge on any atom is 0.413 e. The molecule has 0 aromatic carbocycles. The first kappa shape index (κ1) is 15.0. The third-order valence-corrected chi connectivity index (χ3v) is 2.33. The lowest BCUT2D eigenvalue weighted by Crippen LogP contribution is -2.27. The molecule has 1 aliphatic rings. The Labute approximate surface area is 111 Å². The van der Waals surface area contributed by atoms with E-state index in [0.717, 1.165) is 0 Å². The summed E-state index contributed by atoms with van der Waals surface area (Å²) in [5, 5.41) is 0. The summed E-state index contributed by atoms with van der Waals surface area (Å²) in [4.78, 5) is 35.7. The van der Waals surface area contributed by atoms with Gasteiger partial charge >= 0.3 is 18.0 Å². The zero-order valence-electron chi connectivity index (χ0n) is 11.0. The SMILES string of the molecule is CCOC(=O)C(/C=C/N1CCOC1=O)C(=O)OCC. The topological polar surface area (TPSA) is 82.1 Å². The lowest BCUT2D eigenvalue weighted by molar-refractivity contribution is -0.158. The van der Waals surface area contributed by atoms with Crippen LogP contribution in [0.2, 0.25) is 0 Å². The van der Waals surface area contributed by atoms with E-state index < -0.39 is 23.9 Å². The van der Waals surface area contributed by atoms with Crippen molar-refractivity contribution in [2.75, 3.05) is 26.4 Å². The molecule has 0 aromatic heterocycles. The highest BCUT2D eigenvalue weighted by atomic mass is 16.6. The molecule has 0 aromatic rings. The van der Waals surface area contributed by atoms with Crippen molar-refractivity contribution in [3.8, 4) is 0 Å². The van der Waals surface area contributed by atoms with Crippen molar-refractivity contribution in [1.82, 2.24) is 4.90 Å². The Balaban J connectivity index is 2.72. The van der Waals surface area contributed by atoms with E-state index in [1.54, 1.807) is 13.8 Å². The number of esters is 2. The molecule has 0 saturated carbocycles. The first-order valence-electron chi connectivity index (χ1n) is 6.05. The summed E-state index contributed by atoms with van der Waals surface area (Å²) in [5.41, 5.74) is 0. The van der Waals surface area contributed by atoms with Crippen molar-refractivity contribution in [3.63, 3.8) is 0 Å². The number of cyclic esters (lactones) is 1. The fourth-order valence-corrected chi connectivity index (χ4v) is 1.45. The molecule has 1 aliphatic heterocycles. The highest BCUT2D eigenvalue weighted by Gasteiger charge is 2.28. The van der Waals surface area contributed by atoms with Gasteiger partial charge in [-0.1, -0.05) is 0 Å². The Bertz CT molecular complexity index is 360. The molecule has 0 radical (unpaired) electrons. The van der Waals surface area contributed by atoms with Gasteiger partial charge in [-0.3, -0.25) is 14.5 Å². The molecule has 1 heterocycles. The first-order valence-corrected chi connectivity index (χ1v) is 6.05. The van der Waals surface area contributed by atoms with Crippen molar-refractivity contribution in [3.05, 3.63) is 12.3 Å². The molecule has 0 unspecified atom stereocenters. The number of carbonyl (C=O) groups is 3. The van der Waals surface area contributed by atoms with E-state index in [0.29, 0.717) is 6.54 Å². The van der Waals surface area contributed by atoms with E-state index in [9.17, 15) is 14.4 Å². The van der Waals surface area contributed by atoms with Crippen molar-refractivity contribution in [1.29, 1.82) is 0 Å². The minimum Gasteiger partial charge on any atom is -0.465 e. The van der Waals surface area contributed by atoms with Gasteiger partial charge in [-0.25, -0.2) is 4.79 Å². The van der Waals surface area contributed by atoms with Crippen molar-refractivity contribution < 1.29 is 28.6 Å². The molecule has 1 fully saturated rings. The second-order valence-corrected chi connectivity index (χ2v) is 3.63. The Morgan fingerprint density at radius 3 is 2.32 bits per heavy atom. The quantitative estimate of drug-likeness (QED) is 0.401. The molecule has 0 spiro atoms. The van der Waals surface area contributed by atoms with Crippen LogP contribution >= 0.6 is 0 Å². The van der Waals surface area contributed by atoms with Crippen LogP contribution < -0.4 is 0 Å². The molecule has 0 N–H and O–H groups in total. The normalized spacial score (nSPS) is 14.9. The lowest BCUT2D eigenvalue weighted by Gasteiger charge is -2.12. The number of ether oxygens (including phenoxy) is 3. The summed E-state index contributed by atoms with van der Waals surface area (Å²) in [6, 6.07) is 0. The van der Waals surface area contributed by atoms with E-state index in [1.165, 1.54) is 17.2 Å². The van der Waals surface area contributed by atoms with Crippen LogP contribution in [0.25, 0.3) is 0 Å². The molecule has 0 bridgehead atoms. The number of carbonyl (C=O) groups excluding carboxylic acids is 3. The number of hydrogen-bond donors (Lipinski definition) is 0. The van der Waals surface area contributed by atoms with Gasteiger partial charge in [0, 0.05) is 6.20 Å². The maximum absolute atomic E-state index is 11.6. The summed E-state index contributed by atoms with van der Waals surface area (Å²) >= 11 is 0. The molecule has 106 valence electrons. The Morgan fingerprint density at radius 2 is 1.89 bits per heavy atom. The second-order valence-electron chi connectivity index (χ2n) is 3.63. The van der Waals surface area contributed by atoms with Gasteiger partial charge in [-0.05, 0) is 19.9 Å². The molecule has 7 heteroatoms. The van der Waals surface area contributed by atoms with Crippen LogP contribution in [0, 0.1) is 5.92 Å². The van der Waals surface area contributed by atoms with Crippen LogP contribution in [0.15, 0.2) is 12.3 Å². The Morgan fingerprint density at radius 1 is 1.32 bits per heavy atom. The monoisotopic (exact) mass is 271 g/mol. The minimum absolute atomic E-state index is 0.161. The molecule has 1 rings (SSSR count).